The minimum absolute atomic E-state index is 0.722. The molecule has 4 aromatic heterocycles. The molecule has 43 heavy (non-hydrogen) atoms. The van der Waals surface area contributed by atoms with Crippen LogP contribution in [0.3, 0.4) is 0 Å². The van der Waals surface area contributed by atoms with Crippen LogP contribution in [0.2, 0.25) is 0 Å². The van der Waals surface area contributed by atoms with Crippen LogP contribution in [0.25, 0.3) is 88.3 Å². The SMILES string of the molecule is c1ccc(-c2ccc3ccc4ccc(-c5cccc(-c6nc7ccccc7c7c6ccc6nonc67)c5)nc4c3n2)cc1. The maximum Gasteiger partial charge on any atom is 0.143 e. The quantitative estimate of drug-likeness (QED) is 0.204. The molecule has 0 saturated carbocycles. The highest BCUT2D eigenvalue weighted by molar-refractivity contribution is 6.20. The van der Waals surface area contributed by atoms with E-state index in [4.69, 9.17) is 19.6 Å². The summed E-state index contributed by atoms with van der Waals surface area (Å²) in [5, 5.41) is 13.4. The Kier molecular flexibility index (Phi) is 5.10. The Bertz CT molecular complexity index is 2520. The van der Waals surface area contributed by atoms with E-state index in [-0.39, 0.29) is 0 Å². The number of fused-ring (bicyclic) bond motifs is 8. The molecule has 0 atom stereocenters. The molecule has 0 saturated heterocycles. The zero-order valence-corrected chi connectivity index (χ0v) is 22.8. The normalized spacial score (nSPS) is 11.7. The summed E-state index contributed by atoms with van der Waals surface area (Å²) in [4.78, 5) is 15.4. The lowest BCUT2D eigenvalue weighted by Gasteiger charge is -2.12. The topological polar surface area (TPSA) is 77.6 Å². The molecule has 0 unspecified atom stereocenters. The second kappa shape index (κ2) is 9.26. The van der Waals surface area contributed by atoms with Crippen molar-refractivity contribution in [3.63, 3.8) is 0 Å². The Morgan fingerprint density at radius 2 is 1.09 bits per heavy atom. The molecule has 200 valence electrons. The maximum atomic E-state index is 5.18. The predicted molar refractivity (Wildman–Crippen MR) is 172 cm³/mol. The van der Waals surface area contributed by atoms with Crippen LogP contribution >= 0.6 is 0 Å². The summed E-state index contributed by atoms with van der Waals surface area (Å²) in [5.41, 5.74) is 9.89. The predicted octanol–water partition coefficient (Wildman–Crippen LogP) is 9.02. The second-order valence-electron chi connectivity index (χ2n) is 10.6. The molecule has 0 aliphatic rings. The van der Waals surface area contributed by atoms with Crippen molar-refractivity contribution >= 4 is 54.5 Å². The average Bonchev–Trinajstić information content (AvgIpc) is 3.57. The van der Waals surface area contributed by atoms with E-state index in [1.54, 1.807) is 0 Å². The summed E-state index contributed by atoms with van der Waals surface area (Å²) in [6.45, 7) is 0. The molecule has 0 aliphatic carbocycles. The van der Waals surface area contributed by atoms with E-state index in [0.29, 0.717) is 0 Å². The van der Waals surface area contributed by atoms with E-state index in [2.05, 4.69) is 95.2 Å². The van der Waals surface area contributed by atoms with Crippen LogP contribution in [0.5, 0.6) is 0 Å². The van der Waals surface area contributed by atoms with Crippen molar-refractivity contribution in [1.82, 2.24) is 25.3 Å². The minimum Gasteiger partial charge on any atom is -0.247 e. The second-order valence-corrected chi connectivity index (χ2v) is 10.6. The fraction of sp³-hybridized carbons (Fsp3) is 0. The van der Waals surface area contributed by atoms with Gasteiger partial charge in [0, 0.05) is 43.6 Å². The number of pyridine rings is 3. The van der Waals surface area contributed by atoms with E-state index < -0.39 is 0 Å². The standard InChI is InChI=1S/C37H21N5O/c1-2-7-22(8-3-1)29-18-15-23-13-14-24-16-19-30(39-36(24)35(23)38-29)25-9-6-10-26(21-25)34-28-17-20-32-37(42-43-41-32)33(28)27-11-4-5-12-31(27)40-34/h1-21H. The molecule has 0 N–H and O–H groups in total. The molecule has 6 heteroatoms. The lowest BCUT2D eigenvalue weighted by molar-refractivity contribution is 0.316. The molecular weight excluding hydrogens is 530 g/mol. The largest absolute Gasteiger partial charge is 0.247 e. The number of hydrogen-bond donors (Lipinski definition) is 0. The van der Waals surface area contributed by atoms with Gasteiger partial charge in [0.1, 0.15) is 11.0 Å². The number of rotatable bonds is 3. The first-order valence-corrected chi connectivity index (χ1v) is 14.1. The summed E-state index contributed by atoms with van der Waals surface area (Å²) in [6.07, 6.45) is 0. The first-order chi connectivity index (χ1) is 21.3. The van der Waals surface area contributed by atoms with Gasteiger partial charge in [-0.25, -0.2) is 19.6 Å². The summed E-state index contributed by atoms with van der Waals surface area (Å²) in [6, 6.07) is 43.4. The average molecular weight is 552 g/mol. The van der Waals surface area contributed by atoms with Crippen LogP contribution in [-0.2, 0) is 0 Å². The molecule has 9 rings (SSSR count). The molecule has 6 nitrogen and oxygen atoms in total. The molecule has 4 heterocycles. The molecule has 0 amide bonds. The molecular formula is C37H21N5O. The van der Waals surface area contributed by atoms with Crippen LogP contribution in [0, 0.1) is 0 Å². The Balaban J connectivity index is 1.23. The van der Waals surface area contributed by atoms with Gasteiger partial charge < -0.3 is 0 Å². The Labute approximate surface area is 245 Å². The summed E-state index contributed by atoms with van der Waals surface area (Å²) in [7, 11) is 0. The number of hydrogen-bond acceptors (Lipinski definition) is 6. The third-order valence-electron chi connectivity index (χ3n) is 8.11. The third kappa shape index (κ3) is 3.77. The minimum atomic E-state index is 0.722. The van der Waals surface area contributed by atoms with Gasteiger partial charge in [0.2, 0.25) is 0 Å². The van der Waals surface area contributed by atoms with Crippen molar-refractivity contribution in [1.29, 1.82) is 0 Å². The van der Waals surface area contributed by atoms with Crippen LogP contribution < -0.4 is 0 Å². The molecule has 0 radical (unpaired) electrons. The van der Waals surface area contributed by atoms with Crippen molar-refractivity contribution in [3.05, 3.63) is 127 Å². The van der Waals surface area contributed by atoms with Gasteiger partial charge in [-0.2, -0.15) is 0 Å². The fourth-order valence-corrected chi connectivity index (χ4v) is 6.03. The van der Waals surface area contributed by atoms with E-state index >= 15 is 0 Å². The zero-order valence-electron chi connectivity index (χ0n) is 22.8. The number of benzene rings is 5. The van der Waals surface area contributed by atoms with Gasteiger partial charge in [-0.15, -0.1) is 0 Å². The number of para-hydroxylation sites is 1. The zero-order chi connectivity index (χ0) is 28.3. The Morgan fingerprint density at radius 1 is 0.419 bits per heavy atom. The molecule has 0 fully saturated rings. The number of aromatic nitrogens is 5. The van der Waals surface area contributed by atoms with E-state index in [1.165, 1.54) is 0 Å². The highest BCUT2D eigenvalue weighted by atomic mass is 16.6. The van der Waals surface area contributed by atoms with Crippen molar-refractivity contribution in [3.8, 4) is 33.8 Å². The van der Waals surface area contributed by atoms with Crippen LogP contribution in [-0.4, -0.2) is 25.3 Å². The molecule has 0 bridgehead atoms. The first-order valence-electron chi connectivity index (χ1n) is 14.1. The fourth-order valence-electron chi connectivity index (χ4n) is 6.03. The van der Waals surface area contributed by atoms with Gasteiger partial charge >= 0.3 is 0 Å². The smallest absolute Gasteiger partial charge is 0.143 e. The first kappa shape index (κ1) is 23.7. The lowest BCUT2D eigenvalue weighted by atomic mass is 9.97. The molecule has 5 aromatic carbocycles. The van der Waals surface area contributed by atoms with Crippen molar-refractivity contribution in [2.24, 2.45) is 0 Å². The van der Waals surface area contributed by atoms with E-state index in [1.807, 2.05) is 42.5 Å². The summed E-state index contributed by atoms with van der Waals surface area (Å²) >= 11 is 0. The van der Waals surface area contributed by atoms with Gasteiger partial charge in [0.15, 0.2) is 0 Å². The van der Waals surface area contributed by atoms with Crippen molar-refractivity contribution in [2.75, 3.05) is 0 Å². The lowest BCUT2D eigenvalue weighted by Crippen LogP contribution is -1.93. The van der Waals surface area contributed by atoms with Crippen molar-refractivity contribution in [2.45, 2.75) is 0 Å². The number of nitrogens with zero attached hydrogens (tertiary/aromatic N) is 5. The van der Waals surface area contributed by atoms with E-state index in [0.717, 1.165) is 88.3 Å². The Hall–Kier alpha value is -6.01. The monoisotopic (exact) mass is 551 g/mol. The van der Waals surface area contributed by atoms with Crippen molar-refractivity contribution < 1.29 is 4.63 Å². The molecule has 0 spiro atoms. The van der Waals surface area contributed by atoms with Gasteiger partial charge in [0.25, 0.3) is 0 Å². The van der Waals surface area contributed by atoms with Crippen LogP contribution in [0.4, 0.5) is 0 Å². The van der Waals surface area contributed by atoms with Crippen LogP contribution in [0.15, 0.2) is 132 Å². The van der Waals surface area contributed by atoms with Gasteiger partial charge in [-0.05, 0) is 46.7 Å². The van der Waals surface area contributed by atoms with Gasteiger partial charge in [0.05, 0.1) is 33.6 Å². The highest BCUT2D eigenvalue weighted by Crippen LogP contribution is 2.37. The molecule has 9 aromatic rings. The highest BCUT2D eigenvalue weighted by Gasteiger charge is 2.16. The Morgan fingerprint density at radius 3 is 1.91 bits per heavy atom. The maximum absolute atomic E-state index is 5.18. The van der Waals surface area contributed by atoms with Gasteiger partial charge in [-0.3, -0.25) is 0 Å². The van der Waals surface area contributed by atoms with E-state index in [9.17, 15) is 0 Å². The van der Waals surface area contributed by atoms with Gasteiger partial charge in [-0.1, -0.05) is 91.0 Å². The van der Waals surface area contributed by atoms with Crippen LogP contribution in [0.1, 0.15) is 0 Å². The summed E-state index contributed by atoms with van der Waals surface area (Å²) < 4.78 is 5.11. The third-order valence-corrected chi connectivity index (χ3v) is 8.11. The molecule has 0 aliphatic heterocycles. The summed E-state index contributed by atoms with van der Waals surface area (Å²) in [5.74, 6) is 0.